The molecule has 1 heterocycles. The molecule has 92 valence electrons. The van der Waals surface area contributed by atoms with Crippen LogP contribution < -0.4 is 5.32 Å². The monoisotopic (exact) mass is 240 g/mol. The lowest BCUT2D eigenvalue weighted by atomic mass is 10.1. The third kappa shape index (κ3) is 2.74. The first kappa shape index (κ1) is 12.3. The standard InChI is InChI=1S/C15H16N2O/c1-10-4-5-14(8-11(10)2)17-15(18)13-6-7-16-12(3)9-13/h4-9H,1-3H3,(H,17,18). The first-order valence-corrected chi connectivity index (χ1v) is 5.87. The van der Waals surface area contributed by atoms with E-state index in [0.717, 1.165) is 11.4 Å². The number of aryl methyl sites for hydroxylation is 3. The second kappa shape index (κ2) is 5.00. The summed E-state index contributed by atoms with van der Waals surface area (Å²) in [6, 6.07) is 9.37. The van der Waals surface area contributed by atoms with Crippen molar-refractivity contribution in [2.75, 3.05) is 5.32 Å². The van der Waals surface area contributed by atoms with Crippen molar-refractivity contribution in [1.29, 1.82) is 0 Å². The van der Waals surface area contributed by atoms with E-state index in [-0.39, 0.29) is 5.91 Å². The summed E-state index contributed by atoms with van der Waals surface area (Å²) >= 11 is 0. The molecule has 1 aromatic carbocycles. The van der Waals surface area contributed by atoms with Crippen LogP contribution in [0.15, 0.2) is 36.5 Å². The second-order valence-electron chi connectivity index (χ2n) is 4.44. The number of hydrogen-bond acceptors (Lipinski definition) is 2. The summed E-state index contributed by atoms with van der Waals surface area (Å²) < 4.78 is 0. The van der Waals surface area contributed by atoms with Gasteiger partial charge in [0.1, 0.15) is 0 Å². The predicted octanol–water partition coefficient (Wildman–Crippen LogP) is 3.26. The third-order valence-corrected chi connectivity index (χ3v) is 2.92. The topological polar surface area (TPSA) is 42.0 Å². The molecule has 0 fully saturated rings. The summed E-state index contributed by atoms with van der Waals surface area (Å²) in [6.07, 6.45) is 1.64. The van der Waals surface area contributed by atoms with E-state index < -0.39 is 0 Å². The highest BCUT2D eigenvalue weighted by Gasteiger charge is 2.06. The molecule has 0 radical (unpaired) electrons. The van der Waals surface area contributed by atoms with Crippen molar-refractivity contribution in [2.24, 2.45) is 0 Å². The summed E-state index contributed by atoms with van der Waals surface area (Å²) in [5.41, 5.74) is 4.66. The molecule has 2 aromatic rings. The number of pyridine rings is 1. The van der Waals surface area contributed by atoms with Crippen molar-refractivity contribution in [3.63, 3.8) is 0 Å². The van der Waals surface area contributed by atoms with E-state index in [1.807, 2.05) is 39.0 Å². The maximum absolute atomic E-state index is 12.0. The zero-order valence-electron chi connectivity index (χ0n) is 10.8. The van der Waals surface area contributed by atoms with Crippen LogP contribution in [-0.2, 0) is 0 Å². The maximum atomic E-state index is 12.0. The first-order valence-electron chi connectivity index (χ1n) is 5.87. The molecule has 3 heteroatoms. The number of hydrogen-bond donors (Lipinski definition) is 1. The molecule has 0 bridgehead atoms. The smallest absolute Gasteiger partial charge is 0.255 e. The van der Waals surface area contributed by atoms with Crippen molar-refractivity contribution in [3.8, 4) is 0 Å². The lowest BCUT2D eigenvalue weighted by Crippen LogP contribution is -2.12. The van der Waals surface area contributed by atoms with Gasteiger partial charge in [-0.1, -0.05) is 6.07 Å². The third-order valence-electron chi connectivity index (χ3n) is 2.92. The van der Waals surface area contributed by atoms with Gasteiger partial charge in [0.2, 0.25) is 0 Å². The van der Waals surface area contributed by atoms with Crippen LogP contribution in [0, 0.1) is 20.8 Å². The predicted molar refractivity (Wildman–Crippen MR) is 72.8 cm³/mol. The van der Waals surface area contributed by atoms with Crippen molar-refractivity contribution in [2.45, 2.75) is 20.8 Å². The number of carbonyl (C=O) groups excluding carboxylic acids is 1. The molecule has 3 nitrogen and oxygen atoms in total. The highest BCUT2D eigenvalue weighted by Crippen LogP contribution is 2.15. The van der Waals surface area contributed by atoms with E-state index in [9.17, 15) is 4.79 Å². The Morgan fingerprint density at radius 3 is 2.50 bits per heavy atom. The minimum absolute atomic E-state index is 0.108. The summed E-state index contributed by atoms with van der Waals surface area (Å²) in [5.74, 6) is -0.108. The summed E-state index contributed by atoms with van der Waals surface area (Å²) in [5, 5.41) is 2.89. The SMILES string of the molecule is Cc1cc(C(=O)Nc2ccc(C)c(C)c2)ccn1. The summed E-state index contributed by atoms with van der Waals surface area (Å²) in [7, 11) is 0. The van der Waals surface area contributed by atoms with Crippen LogP contribution in [0.25, 0.3) is 0 Å². The number of benzene rings is 1. The Balaban J connectivity index is 2.18. The molecular weight excluding hydrogens is 224 g/mol. The Labute approximate surface area is 107 Å². The van der Waals surface area contributed by atoms with E-state index in [2.05, 4.69) is 10.3 Å². The molecule has 0 saturated carbocycles. The number of amides is 1. The fourth-order valence-electron chi connectivity index (χ4n) is 1.71. The Morgan fingerprint density at radius 2 is 1.83 bits per heavy atom. The molecular formula is C15H16N2O. The Morgan fingerprint density at radius 1 is 1.06 bits per heavy atom. The van der Waals surface area contributed by atoms with Gasteiger partial charge in [-0.25, -0.2) is 0 Å². The Kier molecular flexibility index (Phi) is 3.42. The van der Waals surface area contributed by atoms with Crippen LogP contribution in [0.5, 0.6) is 0 Å². The minimum atomic E-state index is -0.108. The molecule has 1 amide bonds. The molecule has 1 aromatic heterocycles. The number of rotatable bonds is 2. The molecule has 0 aliphatic rings. The summed E-state index contributed by atoms with van der Waals surface area (Å²) in [4.78, 5) is 16.1. The Bertz CT molecular complexity index is 591. The second-order valence-corrected chi connectivity index (χ2v) is 4.44. The molecule has 18 heavy (non-hydrogen) atoms. The van der Waals surface area contributed by atoms with Crippen LogP contribution in [0.3, 0.4) is 0 Å². The van der Waals surface area contributed by atoms with Gasteiger partial charge in [0.15, 0.2) is 0 Å². The average Bonchev–Trinajstić information content (AvgIpc) is 2.34. The van der Waals surface area contributed by atoms with Gasteiger partial charge >= 0.3 is 0 Å². The Hall–Kier alpha value is -2.16. The fraction of sp³-hybridized carbons (Fsp3) is 0.200. The van der Waals surface area contributed by atoms with Crippen molar-refractivity contribution < 1.29 is 4.79 Å². The highest BCUT2D eigenvalue weighted by molar-refractivity contribution is 6.04. The van der Waals surface area contributed by atoms with E-state index in [4.69, 9.17) is 0 Å². The van der Waals surface area contributed by atoms with Crippen molar-refractivity contribution in [1.82, 2.24) is 4.98 Å². The van der Waals surface area contributed by atoms with Gasteiger partial charge in [0, 0.05) is 23.1 Å². The fourth-order valence-corrected chi connectivity index (χ4v) is 1.71. The lowest BCUT2D eigenvalue weighted by Gasteiger charge is -2.08. The first-order chi connectivity index (χ1) is 8.56. The largest absolute Gasteiger partial charge is 0.322 e. The molecule has 0 unspecified atom stereocenters. The highest BCUT2D eigenvalue weighted by atomic mass is 16.1. The van der Waals surface area contributed by atoms with Gasteiger partial charge in [0.25, 0.3) is 5.91 Å². The lowest BCUT2D eigenvalue weighted by molar-refractivity contribution is 0.102. The van der Waals surface area contributed by atoms with Crippen molar-refractivity contribution in [3.05, 3.63) is 58.9 Å². The van der Waals surface area contributed by atoms with Gasteiger partial charge in [-0.15, -0.1) is 0 Å². The average molecular weight is 240 g/mol. The summed E-state index contributed by atoms with van der Waals surface area (Å²) in [6.45, 7) is 5.95. The van der Waals surface area contributed by atoms with E-state index in [1.165, 1.54) is 11.1 Å². The van der Waals surface area contributed by atoms with Crippen LogP contribution in [0.2, 0.25) is 0 Å². The van der Waals surface area contributed by atoms with Crippen molar-refractivity contribution >= 4 is 11.6 Å². The maximum Gasteiger partial charge on any atom is 0.255 e. The molecule has 0 aliphatic carbocycles. The molecule has 0 saturated heterocycles. The molecule has 0 aliphatic heterocycles. The van der Waals surface area contributed by atoms with Gasteiger partial charge in [-0.05, 0) is 56.2 Å². The van der Waals surface area contributed by atoms with Gasteiger partial charge in [0.05, 0.1) is 0 Å². The van der Waals surface area contributed by atoms with E-state index in [0.29, 0.717) is 5.56 Å². The molecule has 0 atom stereocenters. The van der Waals surface area contributed by atoms with Crippen LogP contribution in [0.1, 0.15) is 27.2 Å². The zero-order chi connectivity index (χ0) is 13.1. The molecule has 0 spiro atoms. The number of carbonyl (C=O) groups is 1. The number of aromatic nitrogens is 1. The van der Waals surface area contributed by atoms with E-state index >= 15 is 0 Å². The quantitative estimate of drug-likeness (QED) is 0.875. The minimum Gasteiger partial charge on any atom is -0.322 e. The van der Waals surface area contributed by atoms with Gasteiger partial charge < -0.3 is 5.32 Å². The molecule has 1 N–H and O–H groups in total. The normalized spacial score (nSPS) is 10.2. The van der Waals surface area contributed by atoms with Crippen LogP contribution in [-0.4, -0.2) is 10.9 Å². The van der Waals surface area contributed by atoms with Gasteiger partial charge in [-0.3, -0.25) is 9.78 Å². The van der Waals surface area contributed by atoms with Crippen LogP contribution in [0.4, 0.5) is 5.69 Å². The number of nitrogens with zero attached hydrogens (tertiary/aromatic N) is 1. The van der Waals surface area contributed by atoms with E-state index in [1.54, 1.807) is 18.3 Å². The molecule has 2 rings (SSSR count). The van der Waals surface area contributed by atoms with Gasteiger partial charge in [-0.2, -0.15) is 0 Å². The number of nitrogens with one attached hydrogen (secondary N) is 1. The van der Waals surface area contributed by atoms with Crippen LogP contribution >= 0.6 is 0 Å². The zero-order valence-corrected chi connectivity index (χ0v) is 10.8. The number of anilines is 1.